The Labute approximate surface area is 121 Å². The van der Waals surface area contributed by atoms with Gasteiger partial charge in [-0.05, 0) is 44.9 Å². The summed E-state index contributed by atoms with van der Waals surface area (Å²) in [6.07, 6.45) is 1.83. The van der Waals surface area contributed by atoms with Crippen LogP contribution in [0.25, 0.3) is 5.82 Å². The van der Waals surface area contributed by atoms with Crippen molar-refractivity contribution in [2.24, 2.45) is 5.92 Å². The molecule has 0 aromatic carbocycles. The predicted octanol–water partition coefficient (Wildman–Crippen LogP) is 2.94. The molecule has 0 saturated carbocycles. The lowest BCUT2D eigenvalue weighted by Gasteiger charge is -2.12. The smallest absolute Gasteiger partial charge is 0.158 e. The Bertz CT molecular complexity index is 584. The molecular formula is C16H24N4. The summed E-state index contributed by atoms with van der Waals surface area (Å²) in [6.45, 7) is 12.5. The van der Waals surface area contributed by atoms with Gasteiger partial charge in [0.05, 0.1) is 5.69 Å². The maximum atomic E-state index is 4.61. The Morgan fingerprint density at radius 1 is 1.25 bits per heavy atom. The zero-order valence-electron chi connectivity index (χ0n) is 13.1. The fourth-order valence-electron chi connectivity index (χ4n) is 2.18. The molecule has 2 aromatic heterocycles. The van der Waals surface area contributed by atoms with Gasteiger partial charge in [0.15, 0.2) is 5.82 Å². The van der Waals surface area contributed by atoms with Gasteiger partial charge in [-0.15, -0.1) is 0 Å². The number of nitrogens with one attached hydrogen (secondary N) is 1. The second-order valence-corrected chi connectivity index (χ2v) is 5.72. The molecule has 0 bridgehead atoms. The summed E-state index contributed by atoms with van der Waals surface area (Å²) < 4.78 is 1.96. The lowest BCUT2D eigenvalue weighted by molar-refractivity contribution is 0.550. The van der Waals surface area contributed by atoms with Crippen molar-refractivity contribution in [1.82, 2.24) is 20.1 Å². The molecular weight excluding hydrogens is 248 g/mol. The average Bonchev–Trinajstić information content (AvgIpc) is 2.67. The van der Waals surface area contributed by atoms with Crippen LogP contribution < -0.4 is 5.32 Å². The minimum atomic E-state index is 0.644. The van der Waals surface area contributed by atoms with Crippen LogP contribution in [0.5, 0.6) is 0 Å². The van der Waals surface area contributed by atoms with E-state index >= 15 is 0 Å². The second kappa shape index (κ2) is 6.18. The molecule has 0 aliphatic heterocycles. The van der Waals surface area contributed by atoms with Crippen molar-refractivity contribution in [1.29, 1.82) is 0 Å². The third-order valence-corrected chi connectivity index (χ3v) is 3.59. The first-order valence-electron chi connectivity index (χ1n) is 7.18. The van der Waals surface area contributed by atoms with Gasteiger partial charge in [-0.1, -0.05) is 19.9 Å². The van der Waals surface area contributed by atoms with E-state index in [4.69, 9.17) is 0 Å². The molecule has 0 atom stereocenters. The molecule has 0 amide bonds. The van der Waals surface area contributed by atoms with Gasteiger partial charge in [0, 0.05) is 24.0 Å². The molecule has 2 aromatic rings. The van der Waals surface area contributed by atoms with E-state index in [0.717, 1.165) is 30.3 Å². The fraction of sp³-hybridized carbons (Fsp3) is 0.500. The van der Waals surface area contributed by atoms with E-state index in [0.29, 0.717) is 5.92 Å². The molecule has 0 aliphatic carbocycles. The highest BCUT2D eigenvalue weighted by Crippen LogP contribution is 2.18. The Morgan fingerprint density at radius 3 is 2.60 bits per heavy atom. The van der Waals surface area contributed by atoms with Crippen LogP contribution >= 0.6 is 0 Å². The fourth-order valence-corrected chi connectivity index (χ4v) is 2.18. The summed E-state index contributed by atoms with van der Waals surface area (Å²) >= 11 is 0. The molecule has 1 N–H and O–H groups in total. The minimum absolute atomic E-state index is 0.644. The van der Waals surface area contributed by atoms with Crippen LogP contribution in [0.15, 0.2) is 18.3 Å². The van der Waals surface area contributed by atoms with Gasteiger partial charge >= 0.3 is 0 Å². The lowest BCUT2D eigenvalue weighted by atomic mass is 10.2. The van der Waals surface area contributed by atoms with E-state index in [1.54, 1.807) is 0 Å². The van der Waals surface area contributed by atoms with Crippen molar-refractivity contribution >= 4 is 0 Å². The molecule has 0 fully saturated rings. The third kappa shape index (κ3) is 3.07. The molecule has 0 spiro atoms. The monoisotopic (exact) mass is 272 g/mol. The quantitative estimate of drug-likeness (QED) is 0.910. The van der Waals surface area contributed by atoms with Gasteiger partial charge in [-0.2, -0.15) is 5.10 Å². The number of hydrogen-bond acceptors (Lipinski definition) is 3. The van der Waals surface area contributed by atoms with Crippen molar-refractivity contribution in [3.05, 3.63) is 40.8 Å². The third-order valence-electron chi connectivity index (χ3n) is 3.59. The number of aryl methyl sites for hydroxylation is 1. The van der Waals surface area contributed by atoms with Crippen LogP contribution in [0.4, 0.5) is 0 Å². The van der Waals surface area contributed by atoms with Crippen LogP contribution in [0.3, 0.4) is 0 Å². The highest BCUT2D eigenvalue weighted by Gasteiger charge is 2.13. The first-order chi connectivity index (χ1) is 9.50. The molecule has 0 unspecified atom stereocenters. The van der Waals surface area contributed by atoms with E-state index in [-0.39, 0.29) is 0 Å². The molecule has 108 valence electrons. The largest absolute Gasteiger partial charge is 0.312 e. The van der Waals surface area contributed by atoms with Gasteiger partial charge in [-0.25, -0.2) is 9.67 Å². The Hall–Kier alpha value is -1.68. The van der Waals surface area contributed by atoms with Crippen LogP contribution in [0.1, 0.15) is 36.4 Å². The van der Waals surface area contributed by atoms with E-state index in [9.17, 15) is 0 Å². The second-order valence-electron chi connectivity index (χ2n) is 5.72. The van der Waals surface area contributed by atoms with Gasteiger partial charge in [-0.3, -0.25) is 0 Å². The normalized spacial score (nSPS) is 11.3. The highest BCUT2D eigenvalue weighted by atomic mass is 15.3. The van der Waals surface area contributed by atoms with Gasteiger partial charge in [0.1, 0.15) is 0 Å². The van der Waals surface area contributed by atoms with Gasteiger partial charge < -0.3 is 5.32 Å². The molecule has 20 heavy (non-hydrogen) atoms. The lowest BCUT2D eigenvalue weighted by Crippen LogP contribution is -2.20. The van der Waals surface area contributed by atoms with Gasteiger partial charge in [0.2, 0.25) is 0 Å². The molecule has 4 nitrogen and oxygen atoms in total. The number of rotatable bonds is 5. The zero-order valence-corrected chi connectivity index (χ0v) is 13.1. The molecule has 0 aliphatic rings. The molecule has 4 heteroatoms. The predicted molar refractivity (Wildman–Crippen MR) is 82.1 cm³/mol. The van der Waals surface area contributed by atoms with E-state index in [2.05, 4.69) is 49.2 Å². The number of hydrogen-bond donors (Lipinski definition) is 1. The molecule has 2 rings (SSSR count). The summed E-state index contributed by atoms with van der Waals surface area (Å²) in [7, 11) is 0. The number of pyridine rings is 1. The summed E-state index contributed by atoms with van der Waals surface area (Å²) in [5, 5.41) is 8.08. The standard InChI is InChI=1S/C16H24N4/c1-11(2)9-17-10-15-7-6-8-18-16(15)20-14(5)12(3)13(4)19-20/h6-8,11,17H,9-10H2,1-5H3. The van der Waals surface area contributed by atoms with Crippen LogP contribution in [-0.4, -0.2) is 21.3 Å². The first-order valence-corrected chi connectivity index (χ1v) is 7.18. The number of aromatic nitrogens is 3. The van der Waals surface area contributed by atoms with Gasteiger partial charge in [0.25, 0.3) is 0 Å². The summed E-state index contributed by atoms with van der Waals surface area (Å²) in [5.41, 5.74) is 4.64. The van der Waals surface area contributed by atoms with Crippen molar-refractivity contribution in [3.8, 4) is 5.82 Å². The molecule has 2 heterocycles. The zero-order chi connectivity index (χ0) is 14.7. The molecule has 0 radical (unpaired) electrons. The highest BCUT2D eigenvalue weighted by molar-refractivity contribution is 5.37. The van der Waals surface area contributed by atoms with Crippen molar-refractivity contribution in [2.75, 3.05) is 6.54 Å². The first kappa shape index (κ1) is 14.7. The van der Waals surface area contributed by atoms with Crippen LogP contribution in [-0.2, 0) is 6.54 Å². The summed E-state index contributed by atoms with van der Waals surface area (Å²) in [6, 6.07) is 4.09. The Balaban J connectivity index is 2.29. The van der Waals surface area contributed by atoms with E-state index in [1.165, 1.54) is 11.1 Å². The topological polar surface area (TPSA) is 42.7 Å². The van der Waals surface area contributed by atoms with E-state index in [1.807, 2.05) is 23.9 Å². The SMILES string of the molecule is Cc1nn(-c2ncccc2CNCC(C)C)c(C)c1C. The maximum absolute atomic E-state index is 4.61. The van der Waals surface area contributed by atoms with Crippen molar-refractivity contribution in [3.63, 3.8) is 0 Å². The Kier molecular flexibility index (Phi) is 4.55. The Morgan fingerprint density at radius 2 is 2.00 bits per heavy atom. The van der Waals surface area contributed by atoms with Crippen LogP contribution in [0, 0.1) is 26.7 Å². The molecule has 0 saturated heterocycles. The number of nitrogens with zero attached hydrogens (tertiary/aromatic N) is 3. The summed E-state index contributed by atoms with van der Waals surface area (Å²) in [4.78, 5) is 4.52. The van der Waals surface area contributed by atoms with Crippen molar-refractivity contribution < 1.29 is 0 Å². The maximum Gasteiger partial charge on any atom is 0.158 e. The van der Waals surface area contributed by atoms with Crippen LogP contribution in [0.2, 0.25) is 0 Å². The summed E-state index contributed by atoms with van der Waals surface area (Å²) in [5.74, 6) is 1.57. The van der Waals surface area contributed by atoms with Crippen molar-refractivity contribution in [2.45, 2.75) is 41.2 Å². The minimum Gasteiger partial charge on any atom is -0.312 e. The van der Waals surface area contributed by atoms with E-state index < -0.39 is 0 Å². The average molecular weight is 272 g/mol.